The highest BCUT2D eigenvalue weighted by atomic mass is 35.5. The molecule has 0 saturated heterocycles. The number of carbonyl (C=O) groups is 1. The lowest BCUT2D eigenvalue weighted by atomic mass is 10.1. The van der Waals surface area contributed by atoms with Gasteiger partial charge in [0.15, 0.2) is 5.70 Å². The average Bonchev–Trinajstić information content (AvgIpc) is 2.88. The van der Waals surface area contributed by atoms with Crippen LogP contribution < -0.4 is 0 Å². The summed E-state index contributed by atoms with van der Waals surface area (Å²) in [7, 11) is 0. The first-order valence-electron chi connectivity index (χ1n) is 6.79. The number of esters is 1. The molecular formula is C17H9ClF3NO2. The van der Waals surface area contributed by atoms with Crippen molar-refractivity contribution >= 4 is 29.5 Å². The normalized spacial score (nSPS) is 16.2. The molecule has 3 nitrogen and oxygen atoms in total. The quantitative estimate of drug-likeness (QED) is 0.581. The number of ether oxygens (including phenoxy) is 1. The Labute approximate surface area is 140 Å². The van der Waals surface area contributed by atoms with Gasteiger partial charge in [-0.05, 0) is 35.9 Å². The SMILES string of the molecule is O=C1OC(c2cccc(Cl)c2)=NC1=Cc1ccccc1C(F)(F)F. The number of halogens is 4. The van der Waals surface area contributed by atoms with Gasteiger partial charge in [0.1, 0.15) is 0 Å². The van der Waals surface area contributed by atoms with E-state index in [9.17, 15) is 18.0 Å². The van der Waals surface area contributed by atoms with Gasteiger partial charge in [0.05, 0.1) is 5.56 Å². The number of aliphatic imine (C=N–C) groups is 1. The third kappa shape index (κ3) is 3.33. The first-order valence-corrected chi connectivity index (χ1v) is 7.17. The minimum Gasteiger partial charge on any atom is -0.402 e. The van der Waals surface area contributed by atoms with Gasteiger partial charge in [0, 0.05) is 10.6 Å². The van der Waals surface area contributed by atoms with E-state index in [1.807, 2.05) is 0 Å². The van der Waals surface area contributed by atoms with Crippen molar-refractivity contribution in [2.24, 2.45) is 4.99 Å². The Morgan fingerprint density at radius 3 is 2.54 bits per heavy atom. The number of cyclic esters (lactones) is 1. The average molecular weight is 352 g/mol. The number of carbonyl (C=O) groups excluding carboxylic acids is 1. The van der Waals surface area contributed by atoms with E-state index in [-0.39, 0.29) is 17.2 Å². The largest absolute Gasteiger partial charge is 0.416 e. The zero-order chi connectivity index (χ0) is 17.3. The monoisotopic (exact) mass is 351 g/mol. The number of nitrogens with zero attached hydrogens (tertiary/aromatic N) is 1. The zero-order valence-electron chi connectivity index (χ0n) is 12.0. The molecule has 0 radical (unpaired) electrons. The topological polar surface area (TPSA) is 38.7 Å². The van der Waals surface area contributed by atoms with E-state index in [0.29, 0.717) is 10.6 Å². The van der Waals surface area contributed by atoms with Crippen LogP contribution in [0.2, 0.25) is 5.02 Å². The first kappa shape index (κ1) is 16.3. The number of rotatable bonds is 2. The van der Waals surface area contributed by atoms with Gasteiger partial charge < -0.3 is 4.74 Å². The van der Waals surface area contributed by atoms with Gasteiger partial charge in [0.2, 0.25) is 5.90 Å². The van der Waals surface area contributed by atoms with Gasteiger partial charge in [-0.25, -0.2) is 9.79 Å². The van der Waals surface area contributed by atoms with E-state index in [2.05, 4.69) is 4.99 Å². The van der Waals surface area contributed by atoms with Crippen LogP contribution in [0.15, 0.2) is 59.2 Å². The minimum atomic E-state index is -4.53. The molecule has 3 rings (SSSR count). The second-order valence-corrected chi connectivity index (χ2v) is 5.37. The van der Waals surface area contributed by atoms with Gasteiger partial charge in [-0.2, -0.15) is 13.2 Å². The molecule has 0 atom stereocenters. The van der Waals surface area contributed by atoms with Crippen molar-refractivity contribution in [3.63, 3.8) is 0 Å². The van der Waals surface area contributed by atoms with E-state index in [1.54, 1.807) is 24.3 Å². The van der Waals surface area contributed by atoms with Crippen LogP contribution in [-0.2, 0) is 15.7 Å². The lowest BCUT2D eigenvalue weighted by Gasteiger charge is -2.09. The predicted molar refractivity (Wildman–Crippen MR) is 83.5 cm³/mol. The molecule has 7 heteroatoms. The van der Waals surface area contributed by atoms with Crippen LogP contribution in [0.3, 0.4) is 0 Å². The summed E-state index contributed by atoms with van der Waals surface area (Å²) >= 11 is 5.86. The maximum Gasteiger partial charge on any atom is 0.416 e. The molecule has 1 aliphatic rings. The summed E-state index contributed by atoms with van der Waals surface area (Å²) in [6, 6.07) is 11.4. The Kier molecular flexibility index (Phi) is 4.15. The van der Waals surface area contributed by atoms with Crippen molar-refractivity contribution in [2.45, 2.75) is 6.18 Å². The van der Waals surface area contributed by atoms with Gasteiger partial charge in [-0.1, -0.05) is 35.9 Å². The van der Waals surface area contributed by atoms with Crippen LogP contribution in [0.1, 0.15) is 16.7 Å². The maximum absolute atomic E-state index is 13.0. The smallest absolute Gasteiger partial charge is 0.402 e. The lowest BCUT2D eigenvalue weighted by molar-refractivity contribution is -0.137. The van der Waals surface area contributed by atoms with E-state index >= 15 is 0 Å². The second-order valence-electron chi connectivity index (χ2n) is 4.93. The van der Waals surface area contributed by atoms with Crippen molar-refractivity contribution in [3.8, 4) is 0 Å². The summed E-state index contributed by atoms with van der Waals surface area (Å²) < 4.78 is 44.0. The summed E-state index contributed by atoms with van der Waals surface area (Å²) in [5, 5.41) is 0.422. The van der Waals surface area contributed by atoms with E-state index in [0.717, 1.165) is 12.1 Å². The van der Waals surface area contributed by atoms with Gasteiger partial charge in [-0.15, -0.1) is 0 Å². The van der Waals surface area contributed by atoms with Crippen LogP contribution in [0.25, 0.3) is 6.08 Å². The van der Waals surface area contributed by atoms with E-state index < -0.39 is 17.7 Å². The number of hydrogen-bond acceptors (Lipinski definition) is 3. The van der Waals surface area contributed by atoms with Crippen molar-refractivity contribution in [2.75, 3.05) is 0 Å². The first-order chi connectivity index (χ1) is 11.3. The summed E-state index contributed by atoms with van der Waals surface area (Å²) in [5.74, 6) is -0.819. The standard InChI is InChI=1S/C17H9ClF3NO2/c18-12-6-3-5-11(8-12)15-22-14(16(23)24-15)9-10-4-1-2-7-13(10)17(19,20)21/h1-9H. The Bertz CT molecular complexity index is 872. The van der Waals surface area contributed by atoms with Gasteiger partial charge >= 0.3 is 12.1 Å². The second kappa shape index (κ2) is 6.13. The molecule has 0 aliphatic carbocycles. The number of hydrogen-bond donors (Lipinski definition) is 0. The predicted octanol–water partition coefficient (Wildman–Crippen LogP) is 4.70. The molecule has 0 amide bonds. The van der Waals surface area contributed by atoms with E-state index in [1.165, 1.54) is 18.2 Å². The molecule has 0 saturated carbocycles. The maximum atomic E-state index is 13.0. The highest BCUT2D eigenvalue weighted by molar-refractivity contribution is 6.31. The summed E-state index contributed by atoms with van der Waals surface area (Å²) in [5.41, 5.74) is -0.755. The molecule has 0 N–H and O–H groups in total. The molecule has 0 fully saturated rings. The highest BCUT2D eigenvalue weighted by Crippen LogP contribution is 2.33. The molecule has 24 heavy (non-hydrogen) atoms. The fraction of sp³-hybridized carbons (Fsp3) is 0.0588. The Balaban J connectivity index is 2.01. The van der Waals surface area contributed by atoms with Crippen LogP contribution in [0.5, 0.6) is 0 Å². The molecule has 2 aromatic carbocycles. The molecular weight excluding hydrogens is 343 g/mol. The Morgan fingerprint density at radius 2 is 1.83 bits per heavy atom. The number of alkyl halides is 3. The summed E-state index contributed by atoms with van der Waals surface area (Å²) in [6.07, 6.45) is -3.47. The summed E-state index contributed by atoms with van der Waals surface area (Å²) in [4.78, 5) is 15.9. The third-order valence-corrected chi connectivity index (χ3v) is 3.49. The van der Waals surface area contributed by atoms with Crippen LogP contribution >= 0.6 is 11.6 Å². The lowest BCUT2D eigenvalue weighted by Crippen LogP contribution is -2.08. The molecule has 0 spiro atoms. The van der Waals surface area contributed by atoms with Crippen molar-refractivity contribution < 1.29 is 22.7 Å². The molecule has 1 aliphatic heterocycles. The van der Waals surface area contributed by atoms with E-state index in [4.69, 9.17) is 16.3 Å². The molecule has 0 aromatic heterocycles. The van der Waals surface area contributed by atoms with Gasteiger partial charge in [0.25, 0.3) is 0 Å². The Hall–Kier alpha value is -2.60. The van der Waals surface area contributed by atoms with Gasteiger partial charge in [-0.3, -0.25) is 0 Å². The van der Waals surface area contributed by atoms with Crippen LogP contribution in [0.4, 0.5) is 13.2 Å². The Morgan fingerprint density at radius 1 is 1.08 bits per heavy atom. The van der Waals surface area contributed by atoms with Crippen molar-refractivity contribution in [1.29, 1.82) is 0 Å². The fourth-order valence-corrected chi connectivity index (χ4v) is 2.37. The molecule has 1 heterocycles. The summed E-state index contributed by atoms with van der Waals surface area (Å²) in [6.45, 7) is 0. The highest BCUT2D eigenvalue weighted by Gasteiger charge is 2.33. The zero-order valence-corrected chi connectivity index (χ0v) is 12.7. The fourth-order valence-electron chi connectivity index (χ4n) is 2.18. The minimum absolute atomic E-state index is 0.00163. The van der Waals surface area contributed by atoms with Crippen LogP contribution in [0, 0.1) is 0 Å². The molecule has 122 valence electrons. The van der Waals surface area contributed by atoms with Crippen molar-refractivity contribution in [3.05, 3.63) is 75.9 Å². The van der Waals surface area contributed by atoms with Crippen molar-refractivity contribution in [1.82, 2.24) is 0 Å². The third-order valence-electron chi connectivity index (χ3n) is 3.25. The van der Waals surface area contributed by atoms with Crippen LogP contribution in [-0.4, -0.2) is 11.9 Å². The molecule has 0 unspecified atom stereocenters. The molecule has 2 aromatic rings. The number of benzene rings is 2. The molecule has 0 bridgehead atoms.